The molecule has 2 N–H and O–H groups in total. The summed E-state index contributed by atoms with van der Waals surface area (Å²) in [6, 6.07) is 0. The van der Waals surface area contributed by atoms with E-state index in [1.807, 2.05) is 6.92 Å². The first-order valence-corrected chi connectivity index (χ1v) is 6.30. The Morgan fingerprint density at radius 3 is 2.82 bits per heavy atom. The molecule has 0 bridgehead atoms. The maximum absolute atomic E-state index is 9.82. The summed E-state index contributed by atoms with van der Waals surface area (Å²) in [7, 11) is 1.63. The molecule has 0 aromatic rings. The average Bonchev–Trinajstić information content (AvgIpc) is 2.27. The third kappa shape index (κ3) is 6.33. The molecule has 2 unspecified atom stereocenters. The van der Waals surface area contributed by atoms with Crippen molar-refractivity contribution in [1.82, 2.24) is 4.90 Å². The summed E-state index contributed by atoms with van der Waals surface area (Å²) >= 11 is 0. The van der Waals surface area contributed by atoms with Crippen molar-refractivity contribution in [2.24, 2.45) is 0 Å². The van der Waals surface area contributed by atoms with Crippen LogP contribution in [0.4, 0.5) is 0 Å². The van der Waals surface area contributed by atoms with Crippen molar-refractivity contribution < 1.29 is 19.7 Å². The van der Waals surface area contributed by atoms with Crippen LogP contribution < -0.4 is 0 Å². The molecule has 102 valence electrons. The van der Waals surface area contributed by atoms with E-state index in [2.05, 4.69) is 4.90 Å². The first-order chi connectivity index (χ1) is 8.11. The second kappa shape index (κ2) is 8.00. The smallest absolute Gasteiger partial charge is 0.0900 e. The summed E-state index contributed by atoms with van der Waals surface area (Å²) in [5, 5.41) is 19.3. The van der Waals surface area contributed by atoms with Gasteiger partial charge in [0.15, 0.2) is 0 Å². The van der Waals surface area contributed by atoms with Gasteiger partial charge >= 0.3 is 0 Å². The molecule has 5 heteroatoms. The number of aliphatic hydroxyl groups excluding tert-OH is 2. The third-order valence-electron chi connectivity index (χ3n) is 2.92. The number of hydrogen-bond donors (Lipinski definition) is 2. The molecule has 1 aliphatic heterocycles. The van der Waals surface area contributed by atoms with Gasteiger partial charge in [0, 0.05) is 20.2 Å². The van der Waals surface area contributed by atoms with E-state index in [-0.39, 0.29) is 12.2 Å². The highest BCUT2D eigenvalue weighted by Gasteiger charge is 2.20. The number of piperidine rings is 1. The lowest BCUT2D eigenvalue weighted by Gasteiger charge is -2.31. The molecule has 0 aliphatic carbocycles. The molecule has 0 amide bonds. The predicted molar refractivity (Wildman–Crippen MR) is 65.0 cm³/mol. The predicted octanol–water partition coefficient (Wildman–Crippen LogP) is -0.144. The van der Waals surface area contributed by atoms with Crippen molar-refractivity contribution in [2.75, 3.05) is 40.0 Å². The molecule has 0 spiro atoms. The number of β-amino-alcohol motifs (C(OH)–C–C–N with tert-alkyl or cyclic N) is 2. The average molecular weight is 247 g/mol. The lowest BCUT2D eigenvalue weighted by Crippen LogP contribution is -2.43. The Hall–Kier alpha value is -0.200. The van der Waals surface area contributed by atoms with Crippen molar-refractivity contribution in [3.63, 3.8) is 0 Å². The highest BCUT2D eigenvalue weighted by atomic mass is 16.5. The molecular weight excluding hydrogens is 222 g/mol. The molecule has 1 fully saturated rings. The van der Waals surface area contributed by atoms with Crippen LogP contribution >= 0.6 is 0 Å². The van der Waals surface area contributed by atoms with Crippen molar-refractivity contribution in [3.05, 3.63) is 0 Å². The van der Waals surface area contributed by atoms with E-state index in [9.17, 15) is 10.2 Å². The quantitative estimate of drug-likeness (QED) is 0.655. The van der Waals surface area contributed by atoms with Crippen LogP contribution in [0.1, 0.15) is 19.8 Å². The van der Waals surface area contributed by atoms with Gasteiger partial charge in [0.25, 0.3) is 0 Å². The zero-order valence-electron chi connectivity index (χ0n) is 10.8. The molecule has 0 radical (unpaired) electrons. The minimum absolute atomic E-state index is 0.00148. The maximum Gasteiger partial charge on any atom is 0.0900 e. The lowest BCUT2D eigenvalue weighted by molar-refractivity contribution is -0.0454. The first kappa shape index (κ1) is 14.9. The molecule has 1 aliphatic rings. The van der Waals surface area contributed by atoms with Gasteiger partial charge in [0.2, 0.25) is 0 Å². The van der Waals surface area contributed by atoms with E-state index in [1.165, 1.54) is 0 Å². The van der Waals surface area contributed by atoms with Crippen LogP contribution in [0, 0.1) is 0 Å². The largest absolute Gasteiger partial charge is 0.392 e. The molecule has 3 atom stereocenters. The van der Waals surface area contributed by atoms with E-state index in [0.717, 1.165) is 19.4 Å². The number of likely N-dealkylation sites (tertiary alicyclic amines) is 1. The minimum Gasteiger partial charge on any atom is -0.392 e. The second-order valence-electron chi connectivity index (χ2n) is 4.81. The van der Waals surface area contributed by atoms with Crippen LogP contribution in [0.15, 0.2) is 0 Å². The molecular formula is C12H25NO4. The molecule has 5 nitrogen and oxygen atoms in total. The van der Waals surface area contributed by atoms with Gasteiger partial charge in [-0.2, -0.15) is 0 Å². The van der Waals surface area contributed by atoms with Crippen LogP contribution in [-0.4, -0.2) is 73.4 Å². The molecule has 1 heterocycles. The van der Waals surface area contributed by atoms with E-state index in [1.54, 1.807) is 7.11 Å². The van der Waals surface area contributed by atoms with Gasteiger partial charge in [-0.15, -0.1) is 0 Å². The fraction of sp³-hybridized carbons (Fsp3) is 1.00. The minimum atomic E-state index is -0.500. The molecule has 0 aromatic carbocycles. The molecule has 1 rings (SSSR count). The highest BCUT2D eigenvalue weighted by Crippen LogP contribution is 2.10. The standard InChI is InChI=1S/C12H25NO4/c1-10(8-16-2)17-9-12(15)7-13-5-3-4-11(14)6-13/h10-12,14-15H,3-9H2,1-2H3/t10?,11-,12?/m0/s1. The summed E-state index contributed by atoms with van der Waals surface area (Å²) in [5.74, 6) is 0. The number of rotatable bonds is 7. The fourth-order valence-electron chi connectivity index (χ4n) is 2.11. The fourth-order valence-corrected chi connectivity index (χ4v) is 2.11. The zero-order valence-corrected chi connectivity index (χ0v) is 10.8. The van der Waals surface area contributed by atoms with Crippen molar-refractivity contribution in [2.45, 2.75) is 38.1 Å². The summed E-state index contributed by atoms with van der Waals surface area (Å²) in [6.45, 7) is 4.94. The van der Waals surface area contributed by atoms with Gasteiger partial charge in [-0.3, -0.25) is 4.90 Å². The normalized spacial score (nSPS) is 25.8. The van der Waals surface area contributed by atoms with Gasteiger partial charge in [-0.05, 0) is 26.3 Å². The SMILES string of the molecule is COCC(C)OCC(O)CN1CCC[C@H](O)C1. The van der Waals surface area contributed by atoms with Gasteiger partial charge in [-0.1, -0.05) is 0 Å². The van der Waals surface area contributed by atoms with Crippen LogP contribution in [-0.2, 0) is 9.47 Å². The van der Waals surface area contributed by atoms with E-state index in [0.29, 0.717) is 26.3 Å². The monoisotopic (exact) mass is 247 g/mol. The third-order valence-corrected chi connectivity index (χ3v) is 2.92. The number of methoxy groups -OCH3 is 1. The van der Waals surface area contributed by atoms with E-state index >= 15 is 0 Å². The molecule has 17 heavy (non-hydrogen) atoms. The maximum atomic E-state index is 9.82. The molecule has 1 saturated heterocycles. The summed E-state index contributed by atoms with van der Waals surface area (Å²) < 4.78 is 10.4. The van der Waals surface area contributed by atoms with Crippen LogP contribution in [0.25, 0.3) is 0 Å². The van der Waals surface area contributed by atoms with Gasteiger partial charge in [0.1, 0.15) is 0 Å². The number of hydrogen-bond acceptors (Lipinski definition) is 5. The number of nitrogens with zero attached hydrogens (tertiary/aromatic N) is 1. The molecule has 0 saturated carbocycles. The van der Waals surface area contributed by atoms with Crippen LogP contribution in [0.2, 0.25) is 0 Å². The van der Waals surface area contributed by atoms with Crippen LogP contribution in [0.3, 0.4) is 0 Å². The molecule has 0 aromatic heterocycles. The van der Waals surface area contributed by atoms with Crippen LogP contribution in [0.5, 0.6) is 0 Å². The van der Waals surface area contributed by atoms with Crippen molar-refractivity contribution in [1.29, 1.82) is 0 Å². The topological polar surface area (TPSA) is 62.2 Å². The summed E-state index contributed by atoms with van der Waals surface area (Å²) in [5.41, 5.74) is 0. The lowest BCUT2D eigenvalue weighted by atomic mass is 10.1. The Balaban J connectivity index is 2.13. The number of ether oxygens (including phenoxy) is 2. The van der Waals surface area contributed by atoms with E-state index in [4.69, 9.17) is 9.47 Å². The summed E-state index contributed by atoms with van der Waals surface area (Å²) in [6.07, 6.45) is 1.12. The van der Waals surface area contributed by atoms with Crippen molar-refractivity contribution in [3.8, 4) is 0 Å². The highest BCUT2D eigenvalue weighted by molar-refractivity contribution is 4.74. The van der Waals surface area contributed by atoms with E-state index < -0.39 is 6.10 Å². The Morgan fingerprint density at radius 2 is 2.18 bits per heavy atom. The van der Waals surface area contributed by atoms with Crippen molar-refractivity contribution >= 4 is 0 Å². The van der Waals surface area contributed by atoms with Gasteiger partial charge in [0.05, 0.1) is 31.5 Å². The Bertz CT molecular complexity index is 203. The Morgan fingerprint density at radius 1 is 1.41 bits per heavy atom. The van der Waals surface area contributed by atoms with Gasteiger partial charge < -0.3 is 19.7 Å². The summed E-state index contributed by atoms with van der Waals surface area (Å²) in [4.78, 5) is 2.09. The Labute approximate surface area is 103 Å². The number of aliphatic hydroxyl groups is 2. The second-order valence-corrected chi connectivity index (χ2v) is 4.81. The zero-order chi connectivity index (χ0) is 12.7. The Kier molecular flexibility index (Phi) is 6.99. The van der Waals surface area contributed by atoms with Gasteiger partial charge in [-0.25, -0.2) is 0 Å². The first-order valence-electron chi connectivity index (χ1n) is 6.30.